The van der Waals surface area contributed by atoms with E-state index in [1.54, 1.807) is 18.4 Å². The SMILES string of the molecule is COCCC1(C(=O)NC[C@H]2OCCc3sccc32)CCCC1. The van der Waals surface area contributed by atoms with Gasteiger partial charge in [0.05, 0.1) is 12.0 Å². The van der Waals surface area contributed by atoms with E-state index in [2.05, 4.69) is 16.8 Å². The number of methoxy groups -OCH3 is 1. The molecule has 0 spiro atoms. The topological polar surface area (TPSA) is 47.6 Å². The predicted octanol–water partition coefficient (Wildman–Crippen LogP) is 3.08. The van der Waals surface area contributed by atoms with E-state index >= 15 is 0 Å². The molecule has 0 bridgehead atoms. The Balaban J connectivity index is 1.60. The summed E-state index contributed by atoms with van der Waals surface area (Å²) in [7, 11) is 1.70. The van der Waals surface area contributed by atoms with Gasteiger partial charge >= 0.3 is 0 Å². The minimum Gasteiger partial charge on any atom is -0.385 e. The monoisotopic (exact) mass is 323 g/mol. The molecule has 1 aliphatic heterocycles. The van der Waals surface area contributed by atoms with Gasteiger partial charge in [0.25, 0.3) is 0 Å². The van der Waals surface area contributed by atoms with E-state index in [-0.39, 0.29) is 17.4 Å². The lowest BCUT2D eigenvalue weighted by Crippen LogP contribution is -2.42. The number of thiophene rings is 1. The van der Waals surface area contributed by atoms with Gasteiger partial charge in [-0.05, 0) is 36.3 Å². The van der Waals surface area contributed by atoms with Crippen molar-refractivity contribution in [2.24, 2.45) is 5.41 Å². The molecule has 0 saturated heterocycles. The fourth-order valence-corrected chi connectivity index (χ4v) is 4.62. The summed E-state index contributed by atoms with van der Waals surface area (Å²) in [5.41, 5.74) is 1.04. The van der Waals surface area contributed by atoms with Crippen molar-refractivity contribution >= 4 is 17.2 Å². The van der Waals surface area contributed by atoms with Crippen LogP contribution >= 0.6 is 11.3 Å². The van der Waals surface area contributed by atoms with E-state index in [4.69, 9.17) is 9.47 Å². The molecule has 0 radical (unpaired) electrons. The van der Waals surface area contributed by atoms with Gasteiger partial charge in [-0.3, -0.25) is 4.79 Å². The number of hydrogen-bond acceptors (Lipinski definition) is 4. The minimum atomic E-state index is -0.220. The van der Waals surface area contributed by atoms with E-state index in [1.165, 1.54) is 10.4 Å². The van der Waals surface area contributed by atoms with Crippen molar-refractivity contribution < 1.29 is 14.3 Å². The second-order valence-corrected chi connectivity index (χ2v) is 7.35. The zero-order chi connectivity index (χ0) is 15.4. The standard InChI is InChI=1S/C17H25NO3S/c1-20-10-8-17(6-2-3-7-17)16(19)18-12-14-13-5-11-22-15(13)4-9-21-14/h5,11,14H,2-4,6-10,12H2,1H3,(H,18,19)/t14-/m1/s1. The van der Waals surface area contributed by atoms with Crippen LogP contribution in [0, 0.1) is 5.41 Å². The van der Waals surface area contributed by atoms with E-state index in [1.807, 2.05) is 0 Å². The lowest BCUT2D eigenvalue weighted by Gasteiger charge is -2.29. The minimum absolute atomic E-state index is 0.0137. The number of amides is 1. The molecule has 1 aromatic heterocycles. The van der Waals surface area contributed by atoms with Crippen molar-refractivity contribution in [2.45, 2.75) is 44.6 Å². The average Bonchev–Trinajstić information content (AvgIpc) is 3.20. The van der Waals surface area contributed by atoms with Gasteiger partial charge in [-0.1, -0.05) is 12.8 Å². The van der Waals surface area contributed by atoms with Gasteiger partial charge in [0.1, 0.15) is 6.10 Å². The lowest BCUT2D eigenvalue weighted by atomic mass is 9.82. The molecule has 1 fully saturated rings. The molecule has 1 atom stereocenters. The Morgan fingerprint density at radius 1 is 1.50 bits per heavy atom. The van der Waals surface area contributed by atoms with Crippen LogP contribution in [0.15, 0.2) is 11.4 Å². The second-order valence-electron chi connectivity index (χ2n) is 6.35. The molecule has 1 saturated carbocycles. The molecule has 0 unspecified atom stereocenters. The summed E-state index contributed by atoms with van der Waals surface area (Å²) in [6, 6.07) is 2.13. The Bertz CT molecular complexity index is 508. The highest BCUT2D eigenvalue weighted by Gasteiger charge is 2.40. The first-order valence-electron chi connectivity index (χ1n) is 8.20. The molecule has 1 aliphatic carbocycles. The van der Waals surface area contributed by atoms with Crippen molar-refractivity contribution in [2.75, 3.05) is 26.9 Å². The highest BCUT2D eigenvalue weighted by molar-refractivity contribution is 7.10. The van der Waals surface area contributed by atoms with E-state index in [0.717, 1.165) is 45.1 Å². The second kappa shape index (κ2) is 7.11. The normalized spacial score (nSPS) is 23.2. The van der Waals surface area contributed by atoms with Crippen molar-refractivity contribution in [3.63, 3.8) is 0 Å². The molecule has 22 heavy (non-hydrogen) atoms. The van der Waals surface area contributed by atoms with Crippen LogP contribution in [0.3, 0.4) is 0 Å². The summed E-state index contributed by atoms with van der Waals surface area (Å²) in [6.45, 7) is 1.99. The Kier molecular flexibility index (Phi) is 5.16. The van der Waals surface area contributed by atoms with Crippen LogP contribution in [0.4, 0.5) is 0 Å². The number of ether oxygens (including phenoxy) is 2. The van der Waals surface area contributed by atoms with Crippen LogP contribution in [-0.2, 0) is 20.7 Å². The Morgan fingerprint density at radius 2 is 2.32 bits per heavy atom. The third-order valence-corrected chi connectivity index (χ3v) is 6.05. The Labute approximate surface area is 136 Å². The van der Waals surface area contributed by atoms with Crippen molar-refractivity contribution in [1.29, 1.82) is 0 Å². The third-order valence-electron chi connectivity index (χ3n) is 5.05. The maximum atomic E-state index is 12.7. The number of rotatable bonds is 6. The fraction of sp³-hybridized carbons (Fsp3) is 0.706. The maximum absolute atomic E-state index is 12.7. The molecule has 5 heteroatoms. The van der Waals surface area contributed by atoms with Crippen LogP contribution in [0.2, 0.25) is 0 Å². The van der Waals surface area contributed by atoms with Gasteiger partial charge in [-0.2, -0.15) is 0 Å². The smallest absolute Gasteiger partial charge is 0.226 e. The van der Waals surface area contributed by atoms with Gasteiger partial charge in [-0.15, -0.1) is 11.3 Å². The third kappa shape index (κ3) is 3.21. The van der Waals surface area contributed by atoms with E-state index < -0.39 is 0 Å². The molecule has 122 valence electrons. The largest absolute Gasteiger partial charge is 0.385 e. The number of hydrogen-bond donors (Lipinski definition) is 1. The maximum Gasteiger partial charge on any atom is 0.226 e. The molecular weight excluding hydrogens is 298 g/mol. The van der Waals surface area contributed by atoms with Crippen LogP contribution in [-0.4, -0.2) is 32.8 Å². The summed E-state index contributed by atoms with van der Waals surface area (Å²) in [5.74, 6) is 0.188. The average molecular weight is 323 g/mol. The summed E-state index contributed by atoms with van der Waals surface area (Å²) in [4.78, 5) is 14.1. The fourth-order valence-electron chi connectivity index (χ4n) is 3.71. The first-order valence-corrected chi connectivity index (χ1v) is 9.08. The zero-order valence-corrected chi connectivity index (χ0v) is 14.0. The van der Waals surface area contributed by atoms with Crippen LogP contribution in [0.25, 0.3) is 0 Å². The number of carbonyl (C=O) groups excluding carboxylic acids is 1. The van der Waals surface area contributed by atoms with Gasteiger partial charge in [0, 0.05) is 31.6 Å². The van der Waals surface area contributed by atoms with Crippen LogP contribution in [0.5, 0.6) is 0 Å². The van der Waals surface area contributed by atoms with Crippen LogP contribution in [0.1, 0.15) is 48.6 Å². The summed E-state index contributed by atoms with van der Waals surface area (Å²) >= 11 is 1.79. The summed E-state index contributed by atoms with van der Waals surface area (Å²) in [6.07, 6.45) is 6.09. The van der Waals surface area contributed by atoms with Crippen molar-refractivity contribution in [3.8, 4) is 0 Å². The molecule has 1 amide bonds. The number of nitrogens with one attached hydrogen (secondary N) is 1. The highest BCUT2D eigenvalue weighted by Crippen LogP contribution is 2.41. The molecule has 3 rings (SSSR count). The van der Waals surface area contributed by atoms with Crippen molar-refractivity contribution in [3.05, 3.63) is 21.9 Å². The van der Waals surface area contributed by atoms with Gasteiger partial charge in [0.2, 0.25) is 5.91 Å². The molecule has 0 aromatic carbocycles. The lowest BCUT2D eigenvalue weighted by molar-refractivity contribution is -0.132. The summed E-state index contributed by atoms with van der Waals surface area (Å²) < 4.78 is 11.1. The molecular formula is C17H25NO3S. The Hall–Kier alpha value is -0.910. The Morgan fingerprint density at radius 3 is 3.09 bits per heavy atom. The summed E-state index contributed by atoms with van der Waals surface area (Å²) in [5, 5.41) is 5.28. The van der Waals surface area contributed by atoms with E-state index in [9.17, 15) is 4.79 Å². The zero-order valence-electron chi connectivity index (χ0n) is 13.2. The van der Waals surface area contributed by atoms with Gasteiger partial charge < -0.3 is 14.8 Å². The quantitative estimate of drug-likeness (QED) is 0.875. The van der Waals surface area contributed by atoms with Crippen molar-refractivity contribution in [1.82, 2.24) is 5.32 Å². The highest BCUT2D eigenvalue weighted by atomic mass is 32.1. The van der Waals surface area contributed by atoms with Gasteiger partial charge in [0.15, 0.2) is 0 Å². The number of fused-ring (bicyclic) bond motifs is 1. The molecule has 2 aliphatic rings. The molecule has 4 nitrogen and oxygen atoms in total. The molecule has 1 aromatic rings. The molecule has 2 heterocycles. The predicted molar refractivity (Wildman–Crippen MR) is 87.1 cm³/mol. The number of carbonyl (C=O) groups is 1. The van der Waals surface area contributed by atoms with Crippen LogP contribution < -0.4 is 5.32 Å². The molecule has 1 N–H and O–H groups in total. The first kappa shape index (κ1) is 16.0. The van der Waals surface area contributed by atoms with E-state index in [0.29, 0.717) is 13.2 Å². The first-order chi connectivity index (χ1) is 10.7. The van der Waals surface area contributed by atoms with Gasteiger partial charge in [-0.25, -0.2) is 0 Å².